The van der Waals surface area contributed by atoms with Gasteiger partial charge in [-0.3, -0.25) is 4.79 Å². The summed E-state index contributed by atoms with van der Waals surface area (Å²) in [6.07, 6.45) is 4.36. The molecule has 224 valence electrons. The van der Waals surface area contributed by atoms with Gasteiger partial charge in [0.2, 0.25) is 5.91 Å². The van der Waals surface area contributed by atoms with E-state index >= 15 is 0 Å². The highest BCUT2D eigenvalue weighted by molar-refractivity contribution is 5.95. The van der Waals surface area contributed by atoms with Crippen LogP contribution < -0.4 is 16.0 Å². The van der Waals surface area contributed by atoms with Gasteiger partial charge in [0.15, 0.2) is 0 Å². The number of carbonyl (C=O) groups excluding carboxylic acids is 3. The molecular weight excluding hydrogens is 539 g/mol. The number of piperidine rings is 2. The number of carbonyl (C=O) groups is 3. The molecule has 11 heteroatoms. The van der Waals surface area contributed by atoms with E-state index in [4.69, 9.17) is 4.74 Å². The Hall–Kier alpha value is -3.99. The average molecular weight is 579 g/mol. The van der Waals surface area contributed by atoms with E-state index in [1.165, 1.54) is 16.8 Å². The molecule has 0 bridgehead atoms. The molecule has 3 amide bonds. The number of amides is 3. The van der Waals surface area contributed by atoms with Crippen molar-refractivity contribution in [3.05, 3.63) is 60.0 Å². The van der Waals surface area contributed by atoms with Gasteiger partial charge >= 0.3 is 12.1 Å². The largest absolute Gasteiger partial charge is 0.442 e. The maximum Gasteiger partial charge on any atom is 0.435 e. The van der Waals surface area contributed by atoms with Crippen LogP contribution in [0.1, 0.15) is 45.6 Å². The Morgan fingerprint density at radius 3 is 2.67 bits per heavy atom. The van der Waals surface area contributed by atoms with E-state index < -0.39 is 17.7 Å². The second-order valence-electron chi connectivity index (χ2n) is 12.2. The molecule has 2 saturated heterocycles. The van der Waals surface area contributed by atoms with Gasteiger partial charge in [-0.05, 0) is 94.8 Å². The highest BCUT2D eigenvalue weighted by Crippen LogP contribution is 2.25. The van der Waals surface area contributed by atoms with Crippen LogP contribution in [-0.4, -0.2) is 70.5 Å². The van der Waals surface area contributed by atoms with Crippen LogP contribution in [0.5, 0.6) is 0 Å². The minimum absolute atomic E-state index is 0.0484. The molecule has 3 heterocycles. The molecule has 2 fully saturated rings. The summed E-state index contributed by atoms with van der Waals surface area (Å²) in [6, 6.07) is 11.0. The number of ether oxygens (including phenoxy) is 1. The number of nitrogens with zero attached hydrogens (tertiary/aromatic N) is 3. The third kappa shape index (κ3) is 7.25. The van der Waals surface area contributed by atoms with E-state index in [-0.39, 0.29) is 23.7 Å². The van der Waals surface area contributed by atoms with Crippen molar-refractivity contribution < 1.29 is 23.5 Å². The molecule has 3 aromatic rings. The fourth-order valence-corrected chi connectivity index (χ4v) is 5.81. The standard InChI is InChI=1S/C31H39FN6O4/c1-31(2,3)42-30(41)38-27-11-10-24(16-22(27)17-34-38)35-29(40)36-26-12-13-33-18-25(26)28(39)37-14-4-5-21(19-37)15-20-6-8-23(32)9-7-20/h6-11,16-17,21,25-26,33H,4-5,12-15,18-19H2,1-3H3,(H2,35,36,40)/t21?,25-,26-/m1/s1. The number of anilines is 1. The zero-order chi connectivity index (χ0) is 29.9. The molecule has 2 aromatic carbocycles. The summed E-state index contributed by atoms with van der Waals surface area (Å²) < 4.78 is 19.9. The molecule has 0 aliphatic carbocycles. The topological polar surface area (TPSA) is 118 Å². The summed E-state index contributed by atoms with van der Waals surface area (Å²) in [5.41, 5.74) is 1.53. The number of hydrogen-bond donors (Lipinski definition) is 3. The predicted molar refractivity (Wildman–Crippen MR) is 158 cm³/mol. The molecule has 2 aliphatic rings. The van der Waals surface area contributed by atoms with E-state index in [1.807, 2.05) is 17.0 Å². The van der Waals surface area contributed by atoms with Crippen molar-refractivity contribution in [2.24, 2.45) is 11.8 Å². The Morgan fingerprint density at radius 1 is 1.12 bits per heavy atom. The summed E-state index contributed by atoms with van der Waals surface area (Å²) in [6.45, 7) is 7.93. The number of hydrogen-bond acceptors (Lipinski definition) is 6. The highest BCUT2D eigenvalue weighted by atomic mass is 19.1. The fraction of sp³-hybridized carbons (Fsp3) is 0.484. The van der Waals surface area contributed by atoms with Gasteiger partial charge in [0.1, 0.15) is 11.4 Å². The lowest BCUT2D eigenvalue weighted by Crippen LogP contribution is -2.57. The van der Waals surface area contributed by atoms with Crippen LogP contribution in [-0.2, 0) is 16.0 Å². The SMILES string of the molecule is CC(C)(C)OC(=O)n1ncc2cc(NC(=O)N[C@@H]3CCNC[C@H]3C(=O)N3CCCC(Cc4ccc(F)cc4)C3)ccc21. The monoisotopic (exact) mass is 578 g/mol. The second-order valence-corrected chi connectivity index (χ2v) is 12.2. The van der Waals surface area contributed by atoms with E-state index in [1.54, 1.807) is 45.2 Å². The molecule has 0 radical (unpaired) electrons. The molecule has 5 rings (SSSR count). The van der Waals surface area contributed by atoms with E-state index in [2.05, 4.69) is 21.0 Å². The molecule has 1 unspecified atom stereocenters. The van der Waals surface area contributed by atoms with Gasteiger partial charge in [0.25, 0.3) is 0 Å². The van der Waals surface area contributed by atoms with Gasteiger partial charge < -0.3 is 25.6 Å². The Kier molecular flexibility index (Phi) is 8.77. The molecule has 3 N–H and O–H groups in total. The highest BCUT2D eigenvalue weighted by Gasteiger charge is 2.36. The summed E-state index contributed by atoms with van der Waals surface area (Å²) in [7, 11) is 0. The van der Waals surface area contributed by atoms with Gasteiger partial charge in [0, 0.05) is 36.7 Å². The molecular formula is C31H39FN6O4. The summed E-state index contributed by atoms with van der Waals surface area (Å²) >= 11 is 0. The number of rotatable bonds is 5. The number of benzene rings is 2. The van der Waals surface area contributed by atoms with Crippen LogP contribution in [0, 0.1) is 17.7 Å². The van der Waals surface area contributed by atoms with Crippen LogP contribution >= 0.6 is 0 Å². The first kappa shape index (κ1) is 29.5. The van der Waals surface area contributed by atoms with Crippen LogP contribution in [0.15, 0.2) is 48.7 Å². The third-order valence-corrected chi connectivity index (χ3v) is 7.78. The van der Waals surface area contributed by atoms with E-state index in [0.29, 0.717) is 55.1 Å². The third-order valence-electron chi connectivity index (χ3n) is 7.78. The van der Waals surface area contributed by atoms with Crippen molar-refractivity contribution in [2.75, 3.05) is 31.5 Å². The lowest BCUT2D eigenvalue weighted by molar-refractivity contribution is -0.138. The van der Waals surface area contributed by atoms with E-state index in [9.17, 15) is 18.8 Å². The van der Waals surface area contributed by atoms with Crippen molar-refractivity contribution in [2.45, 2.75) is 58.1 Å². The normalized spacial score (nSPS) is 21.1. The quantitative estimate of drug-likeness (QED) is 0.409. The Bertz CT molecular complexity index is 1430. The van der Waals surface area contributed by atoms with Crippen LogP contribution in [0.2, 0.25) is 0 Å². The first-order valence-electron chi connectivity index (χ1n) is 14.6. The molecule has 42 heavy (non-hydrogen) atoms. The van der Waals surface area contributed by atoms with Crippen molar-refractivity contribution in [1.82, 2.24) is 25.3 Å². The van der Waals surface area contributed by atoms with E-state index in [0.717, 1.165) is 24.8 Å². The maximum absolute atomic E-state index is 13.7. The van der Waals surface area contributed by atoms with Crippen molar-refractivity contribution in [3.8, 4) is 0 Å². The molecule has 10 nitrogen and oxygen atoms in total. The Labute approximate surface area is 245 Å². The number of aromatic nitrogens is 2. The van der Waals surface area contributed by atoms with Crippen molar-refractivity contribution in [1.29, 1.82) is 0 Å². The molecule has 1 aromatic heterocycles. The number of urea groups is 1. The fourth-order valence-electron chi connectivity index (χ4n) is 5.81. The molecule has 3 atom stereocenters. The first-order valence-corrected chi connectivity index (χ1v) is 14.6. The zero-order valence-corrected chi connectivity index (χ0v) is 24.4. The summed E-state index contributed by atoms with van der Waals surface area (Å²) in [5.74, 6) is -0.258. The van der Waals surface area contributed by atoms with Gasteiger partial charge in [-0.25, -0.2) is 14.0 Å². The van der Waals surface area contributed by atoms with Gasteiger partial charge in [0.05, 0.1) is 17.6 Å². The smallest absolute Gasteiger partial charge is 0.435 e. The minimum Gasteiger partial charge on any atom is -0.442 e. The Morgan fingerprint density at radius 2 is 1.90 bits per heavy atom. The first-order chi connectivity index (χ1) is 20.1. The Balaban J connectivity index is 1.19. The predicted octanol–water partition coefficient (Wildman–Crippen LogP) is 4.54. The average Bonchev–Trinajstić information content (AvgIpc) is 3.37. The second kappa shape index (κ2) is 12.5. The lowest BCUT2D eigenvalue weighted by Gasteiger charge is -2.39. The van der Waals surface area contributed by atoms with Crippen LogP contribution in [0.25, 0.3) is 10.9 Å². The number of likely N-dealkylation sites (tertiary alicyclic amines) is 1. The van der Waals surface area contributed by atoms with Crippen LogP contribution in [0.3, 0.4) is 0 Å². The van der Waals surface area contributed by atoms with Gasteiger partial charge in [-0.15, -0.1) is 0 Å². The van der Waals surface area contributed by atoms with Crippen molar-refractivity contribution in [3.63, 3.8) is 0 Å². The molecule has 2 aliphatic heterocycles. The zero-order valence-electron chi connectivity index (χ0n) is 24.4. The summed E-state index contributed by atoms with van der Waals surface area (Å²) in [5, 5.41) is 14.0. The number of halogens is 1. The van der Waals surface area contributed by atoms with Gasteiger partial charge in [-0.1, -0.05) is 12.1 Å². The van der Waals surface area contributed by atoms with Crippen molar-refractivity contribution >= 4 is 34.6 Å². The van der Waals surface area contributed by atoms with Crippen LogP contribution in [0.4, 0.5) is 19.7 Å². The minimum atomic E-state index is -0.650. The maximum atomic E-state index is 13.7. The lowest BCUT2D eigenvalue weighted by atomic mass is 9.88. The van der Waals surface area contributed by atoms with Gasteiger partial charge in [-0.2, -0.15) is 9.78 Å². The molecule has 0 spiro atoms. The number of nitrogens with one attached hydrogen (secondary N) is 3. The summed E-state index contributed by atoms with van der Waals surface area (Å²) in [4.78, 5) is 41.1. The molecule has 0 saturated carbocycles. The number of fused-ring (bicyclic) bond motifs is 1.